The van der Waals surface area contributed by atoms with Gasteiger partial charge in [0.05, 0.1) is 17.1 Å². The third-order valence-electron chi connectivity index (χ3n) is 2.83. The van der Waals surface area contributed by atoms with Crippen LogP contribution >= 0.6 is 39.1 Å². The van der Waals surface area contributed by atoms with E-state index in [1.54, 1.807) is 42.5 Å². The largest absolute Gasteiger partial charge is 0.455 e. The predicted octanol–water partition coefficient (Wildman–Crippen LogP) is 4.48. The van der Waals surface area contributed by atoms with Gasteiger partial charge in [-0.25, -0.2) is 0 Å². The molecule has 0 aliphatic carbocycles. The summed E-state index contributed by atoms with van der Waals surface area (Å²) in [5.74, 6) is -0.956. The number of esters is 1. The molecule has 4 nitrogen and oxygen atoms in total. The molecular formula is C16H12BrCl2NO3. The van der Waals surface area contributed by atoms with Gasteiger partial charge in [-0.3, -0.25) is 9.59 Å². The van der Waals surface area contributed by atoms with E-state index < -0.39 is 11.9 Å². The van der Waals surface area contributed by atoms with Crippen LogP contribution in [0.1, 0.15) is 5.56 Å². The zero-order valence-electron chi connectivity index (χ0n) is 11.8. The van der Waals surface area contributed by atoms with Gasteiger partial charge in [-0.05, 0) is 35.9 Å². The summed E-state index contributed by atoms with van der Waals surface area (Å²) in [5, 5.41) is 3.56. The van der Waals surface area contributed by atoms with Gasteiger partial charge in [-0.1, -0.05) is 51.3 Å². The number of nitrogens with one attached hydrogen (secondary N) is 1. The van der Waals surface area contributed by atoms with E-state index in [0.717, 1.165) is 10.0 Å². The Kier molecular flexibility index (Phi) is 6.45. The van der Waals surface area contributed by atoms with Gasteiger partial charge in [-0.15, -0.1) is 0 Å². The zero-order valence-corrected chi connectivity index (χ0v) is 14.9. The lowest BCUT2D eigenvalue weighted by molar-refractivity contribution is -0.146. The van der Waals surface area contributed by atoms with Crippen molar-refractivity contribution >= 4 is 56.7 Å². The van der Waals surface area contributed by atoms with Crippen LogP contribution in [0.3, 0.4) is 0 Å². The zero-order chi connectivity index (χ0) is 16.8. The molecule has 2 aromatic carbocycles. The molecule has 0 aliphatic rings. The van der Waals surface area contributed by atoms with E-state index in [9.17, 15) is 9.59 Å². The van der Waals surface area contributed by atoms with Crippen LogP contribution in [0, 0.1) is 0 Å². The van der Waals surface area contributed by atoms with Crippen LogP contribution in [0.15, 0.2) is 46.9 Å². The van der Waals surface area contributed by atoms with E-state index in [-0.39, 0.29) is 13.0 Å². The van der Waals surface area contributed by atoms with E-state index in [1.807, 2.05) is 0 Å². The second kappa shape index (κ2) is 8.34. The molecule has 0 fully saturated rings. The SMILES string of the molecule is O=C(COC(=O)Cc1ccc(Cl)cc1)Nc1ccc(Br)cc1Cl. The molecule has 0 saturated carbocycles. The standard InChI is InChI=1S/C16H12BrCl2NO3/c17-11-3-6-14(13(19)8-11)20-15(21)9-23-16(22)7-10-1-4-12(18)5-2-10/h1-6,8H,7,9H2,(H,20,21). The Morgan fingerprint density at radius 3 is 2.43 bits per heavy atom. The Bertz CT molecular complexity index is 720. The van der Waals surface area contributed by atoms with E-state index in [0.29, 0.717) is 15.7 Å². The monoisotopic (exact) mass is 415 g/mol. The molecule has 0 saturated heterocycles. The molecular weight excluding hydrogens is 405 g/mol. The Balaban J connectivity index is 1.81. The molecule has 7 heteroatoms. The summed E-state index contributed by atoms with van der Waals surface area (Å²) < 4.78 is 5.74. The summed E-state index contributed by atoms with van der Waals surface area (Å²) >= 11 is 15.0. The molecule has 23 heavy (non-hydrogen) atoms. The van der Waals surface area contributed by atoms with Crippen LogP contribution in [0.4, 0.5) is 5.69 Å². The number of anilines is 1. The molecule has 2 aromatic rings. The van der Waals surface area contributed by atoms with Gasteiger partial charge in [0, 0.05) is 9.50 Å². The van der Waals surface area contributed by atoms with Crippen molar-refractivity contribution in [2.45, 2.75) is 6.42 Å². The smallest absolute Gasteiger partial charge is 0.310 e. The first-order valence-electron chi connectivity index (χ1n) is 6.59. The van der Waals surface area contributed by atoms with Crippen molar-refractivity contribution < 1.29 is 14.3 Å². The van der Waals surface area contributed by atoms with Gasteiger partial charge < -0.3 is 10.1 Å². The van der Waals surface area contributed by atoms with Gasteiger partial charge in [0.2, 0.25) is 0 Å². The van der Waals surface area contributed by atoms with Crippen LogP contribution in [-0.4, -0.2) is 18.5 Å². The number of hydrogen-bond donors (Lipinski definition) is 1. The summed E-state index contributed by atoms with van der Waals surface area (Å²) in [6.07, 6.45) is 0.0729. The lowest BCUT2D eigenvalue weighted by atomic mass is 10.1. The van der Waals surface area contributed by atoms with Crippen molar-refractivity contribution in [1.29, 1.82) is 0 Å². The molecule has 0 spiro atoms. The molecule has 0 aromatic heterocycles. The fourth-order valence-electron chi connectivity index (χ4n) is 1.74. The van der Waals surface area contributed by atoms with Gasteiger partial charge in [0.15, 0.2) is 6.61 Å². The van der Waals surface area contributed by atoms with Crippen molar-refractivity contribution in [3.63, 3.8) is 0 Å². The number of ether oxygens (including phenoxy) is 1. The van der Waals surface area contributed by atoms with Gasteiger partial charge in [-0.2, -0.15) is 0 Å². The molecule has 120 valence electrons. The molecule has 0 bridgehead atoms. The molecule has 0 atom stereocenters. The lowest BCUT2D eigenvalue weighted by Crippen LogP contribution is -2.21. The summed E-state index contributed by atoms with van der Waals surface area (Å²) in [6.45, 7) is -0.376. The first-order chi connectivity index (χ1) is 10.9. The highest BCUT2D eigenvalue weighted by Gasteiger charge is 2.10. The topological polar surface area (TPSA) is 55.4 Å². The fourth-order valence-corrected chi connectivity index (χ4v) is 2.59. The minimum absolute atomic E-state index is 0.0729. The first kappa shape index (κ1) is 17.8. The first-order valence-corrected chi connectivity index (χ1v) is 8.14. The maximum atomic E-state index is 11.8. The van der Waals surface area contributed by atoms with Crippen LogP contribution in [0.2, 0.25) is 10.0 Å². The molecule has 0 heterocycles. The molecule has 0 radical (unpaired) electrons. The number of carbonyl (C=O) groups is 2. The van der Waals surface area contributed by atoms with Crippen molar-refractivity contribution in [2.75, 3.05) is 11.9 Å². The second-order valence-electron chi connectivity index (χ2n) is 4.64. The van der Waals surface area contributed by atoms with E-state index in [4.69, 9.17) is 27.9 Å². The van der Waals surface area contributed by atoms with Crippen molar-refractivity contribution in [3.05, 3.63) is 62.5 Å². The van der Waals surface area contributed by atoms with E-state index >= 15 is 0 Å². The number of benzene rings is 2. The minimum atomic E-state index is -0.496. The highest BCUT2D eigenvalue weighted by molar-refractivity contribution is 9.10. The molecule has 0 unspecified atom stereocenters. The summed E-state index contributed by atoms with van der Waals surface area (Å²) in [7, 11) is 0. The van der Waals surface area contributed by atoms with Crippen molar-refractivity contribution in [3.8, 4) is 0 Å². The third kappa shape index (κ3) is 5.86. The Hall–Kier alpha value is -1.56. The highest BCUT2D eigenvalue weighted by Crippen LogP contribution is 2.25. The summed E-state index contributed by atoms with van der Waals surface area (Å²) in [4.78, 5) is 23.5. The number of amides is 1. The van der Waals surface area contributed by atoms with Crippen LogP contribution in [-0.2, 0) is 20.7 Å². The molecule has 0 aliphatic heterocycles. The number of rotatable bonds is 5. The maximum Gasteiger partial charge on any atom is 0.310 e. The highest BCUT2D eigenvalue weighted by atomic mass is 79.9. The second-order valence-corrected chi connectivity index (χ2v) is 6.40. The van der Waals surface area contributed by atoms with Crippen LogP contribution < -0.4 is 5.32 Å². The molecule has 1 N–H and O–H groups in total. The van der Waals surface area contributed by atoms with Gasteiger partial charge >= 0.3 is 5.97 Å². The Morgan fingerprint density at radius 2 is 1.78 bits per heavy atom. The summed E-state index contributed by atoms with van der Waals surface area (Å²) in [6, 6.07) is 11.9. The molecule has 1 amide bonds. The van der Waals surface area contributed by atoms with E-state index in [1.165, 1.54) is 0 Å². The lowest BCUT2D eigenvalue weighted by Gasteiger charge is -2.08. The molecule has 2 rings (SSSR count). The number of halogens is 3. The van der Waals surface area contributed by atoms with Gasteiger partial charge in [0.25, 0.3) is 5.91 Å². The average molecular weight is 417 g/mol. The third-order valence-corrected chi connectivity index (χ3v) is 3.89. The quantitative estimate of drug-likeness (QED) is 0.731. The van der Waals surface area contributed by atoms with Crippen LogP contribution in [0.5, 0.6) is 0 Å². The number of carbonyl (C=O) groups excluding carboxylic acids is 2. The summed E-state index contributed by atoms with van der Waals surface area (Å²) in [5.41, 5.74) is 1.21. The van der Waals surface area contributed by atoms with Crippen molar-refractivity contribution in [2.24, 2.45) is 0 Å². The fraction of sp³-hybridized carbons (Fsp3) is 0.125. The van der Waals surface area contributed by atoms with Crippen LogP contribution in [0.25, 0.3) is 0 Å². The van der Waals surface area contributed by atoms with Gasteiger partial charge in [0.1, 0.15) is 0 Å². The minimum Gasteiger partial charge on any atom is -0.455 e. The Labute approximate surface area is 151 Å². The maximum absolute atomic E-state index is 11.8. The Morgan fingerprint density at radius 1 is 1.09 bits per heavy atom. The van der Waals surface area contributed by atoms with E-state index in [2.05, 4.69) is 21.2 Å². The van der Waals surface area contributed by atoms with Crippen molar-refractivity contribution in [1.82, 2.24) is 0 Å². The number of hydrogen-bond acceptors (Lipinski definition) is 3. The normalized spacial score (nSPS) is 10.2. The average Bonchev–Trinajstić information content (AvgIpc) is 2.50. The predicted molar refractivity (Wildman–Crippen MR) is 93.9 cm³/mol.